The molecule has 0 aliphatic rings. The fourth-order valence-electron chi connectivity index (χ4n) is 2.33. The Morgan fingerprint density at radius 2 is 1.58 bits per heavy atom. The van der Waals surface area contributed by atoms with Crippen LogP contribution in [0.4, 0.5) is 30.2 Å². The zero-order valence-electron chi connectivity index (χ0n) is 16.6. The van der Waals surface area contributed by atoms with Crippen molar-refractivity contribution < 1.29 is 32.6 Å². The van der Waals surface area contributed by atoms with Crippen molar-refractivity contribution in [1.29, 1.82) is 0 Å². The lowest BCUT2D eigenvalue weighted by Gasteiger charge is -2.23. The van der Waals surface area contributed by atoms with Crippen LogP contribution >= 0.6 is 34.8 Å². The van der Waals surface area contributed by atoms with Gasteiger partial charge in [-0.25, -0.2) is 4.85 Å². The number of halogens is 6. The number of carbonyl (C=O) groups is 2. The SMILES string of the molecule is [C-]#[N+]c1ccc(NC(=O)[C@@](C)(O)COc2ccc(NC(=O)C(Cl)(Cl)Cl)cc2)cc1C(F)(F)F. The van der Waals surface area contributed by atoms with Crippen molar-refractivity contribution in [3.05, 3.63) is 59.4 Å². The Bertz CT molecular complexity index is 1080. The minimum absolute atomic E-state index is 0.204. The first-order valence-corrected chi connectivity index (χ1v) is 10.0. The quantitative estimate of drug-likeness (QED) is 0.352. The average molecular weight is 525 g/mol. The van der Waals surface area contributed by atoms with Crippen LogP contribution in [0.15, 0.2) is 42.5 Å². The van der Waals surface area contributed by atoms with Gasteiger partial charge in [0.05, 0.1) is 12.1 Å². The number of hydrogen-bond donors (Lipinski definition) is 3. The van der Waals surface area contributed by atoms with E-state index >= 15 is 0 Å². The Kier molecular flexibility index (Phi) is 8.09. The number of aliphatic hydroxyl groups is 1. The molecule has 2 rings (SSSR count). The summed E-state index contributed by atoms with van der Waals surface area (Å²) in [4.78, 5) is 26.8. The Morgan fingerprint density at radius 3 is 2.09 bits per heavy atom. The third kappa shape index (κ3) is 7.40. The molecule has 0 spiro atoms. The first-order valence-electron chi connectivity index (χ1n) is 8.87. The number of alkyl halides is 6. The second kappa shape index (κ2) is 10.1. The van der Waals surface area contributed by atoms with Crippen molar-refractivity contribution in [2.24, 2.45) is 0 Å². The lowest BCUT2D eigenvalue weighted by atomic mass is 10.1. The predicted octanol–water partition coefficient (Wildman–Crippen LogP) is 5.33. The van der Waals surface area contributed by atoms with Crippen molar-refractivity contribution in [2.75, 3.05) is 17.2 Å². The Balaban J connectivity index is 2.03. The summed E-state index contributed by atoms with van der Waals surface area (Å²) >= 11 is 16.4. The summed E-state index contributed by atoms with van der Waals surface area (Å²) in [5.41, 5.74) is -3.93. The molecular formula is C20H15Cl3F3N3O4. The van der Waals surface area contributed by atoms with Gasteiger partial charge in [-0.15, -0.1) is 0 Å². The molecule has 0 aliphatic heterocycles. The third-order valence-electron chi connectivity index (χ3n) is 4.06. The minimum Gasteiger partial charge on any atom is -0.490 e. The highest BCUT2D eigenvalue weighted by Crippen LogP contribution is 2.38. The minimum atomic E-state index is -4.79. The van der Waals surface area contributed by atoms with E-state index in [1.807, 2.05) is 0 Å². The first-order chi connectivity index (χ1) is 15.1. The molecule has 176 valence electrons. The molecule has 2 aromatic rings. The maximum absolute atomic E-state index is 13.1. The van der Waals surface area contributed by atoms with Gasteiger partial charge in [0, 0.05) is 11.4 Å². The second-order valence-corrected chi connectivity index (χ2v) is 9.12. The highest BCUT2D eigenvalue weighted by Gasteiger charge is 2.35. The van der Waals surface area contributed by atoms with E-state index in [0.717, 1.165) is 19.1 Å². The van der Waals surface area contributed by atoms with Crippen molar-refractivity contribution in [1.82, 2.24) is 0 Å². The molecule has 0 aromatic heterocycles. The second-order valence-electron chi connectivity index (χ2n) is 6.83. The number of carbonyl (C=O) groups excluding carboxylic acids is 2. The van der Waals surface area contributed by atoms with Crippen LogP contribution in [-0.2, 0) is 15.8 Å². The molecule has 0 radical (unpaired) electrons. The number of rotatable bonds is 6. The third-order valence-corrected chi connectivity index (χ3v) is 4.57. The first kappa shape index (κ1) is 26.5. The van der Waals surface area contributed by atoms with Gasteiger partial charge in [-0.3, -0.25) is 9.59 Å². The maximum Gasteiger partial charge on any atom is 0.407 e. The van der Waals surface area contributed by atoms with Crippen LogP contribution in [0.3, 0.4) is 0 Å². The van der Waals surface area contributed by atoms with Crippen LogP contribution in [-0.4, -0.2) is 32.9 Å². The van der Waals surface area contributed by atoms with E-state index < -0.39 is 45.2 Å². The fraction of sp³-hybridized carbons (Fsp3) is 0.250. The number of amides is 2. The molecule has 13 heteroatoms. The van der Waals surface area contributed by atoms with Crippen molar-refractivity contribution in [3.8, 4) is 5.75 Å². The van der Waals surface area contributed by atoms with Crippen LogP contribution in [0.25, 0.3) is 4.85 Å². The number of nitrogens with one attached hydrogen (secondary N) is 2. The van der Waals surface area contributed by atoms with Gasteiger partial charge in [0.2, 0.25) is 0 Å². The van der Waals surface area contributed by atoms with Gasteiger partial charge in [0.1, 0.15) is 12.4 Å². The van der Waals surface area contributed by atoms with E-state index in [1.165, 1.54) is 24.3 Å². The van der Waals surface area contributed by atoms with Crippen LogP contribution in [0, 0.1) is 6.57 Å². The van der Waals surface area contributed by atoms with Crippen LogP contribution < -0.4 is 15.4 Å². The average Bonchev–Trinajstić information content (AvgIpc) is 2.72. The molecule has 7 nitrogen and oxygen atoms in total. The van der Waals surface area contributed by atoms with Gasteiger partial charge < -0.3 is 20.5 Å². The number of ether oxygens (including phenoxy) is 1. The topological polar surface area (TPSA) is 92.0 Å². The summed E-state index contributed by atoms with van der Waals surface area (Å²) in [6.07, 6.45) is -4.79. The molecule has 2 aromatic carbocycles. The summed E-state index contributed by atoms with van der Waals surface area (Å²) in [6.45, 7) is 7.39. The van der Waals surface area contributed by atoms with Gasteiger partial charge in [0.15, 0.2) is 11.3 Å². The molecule has 0 aliphatic carbocycles. The normalized spacial score (nSPS) is 13.4. The molecule has 0 saturated heterocycles. The van der Waals surface area contributed by atoms with Crippen LogP contribution in [0.1, 0.15) is 12.5 Å². The van der Waals surface area contributed by atoms with E-state index in [9.17, 15) is 27.9 Å². The summed E-state index contributed by atoms with van der Waals surface area (Å²) in [6, 6.07) is 8.27. The highest BCUT2D eigenvalue weighted by atomic mass is 35.6. The van der Waals surface area contributed by atoms with E-state index in [1.54, 1.807) is 0 Å². The Morgan fingerprint density at radius 1 is 1.03 bits per heavy atom. The Hall–Kier alpha value is -2.71. The molecule has 0 fully saturated rings. The van der Waals surface area contributed by atoms with Gasteiger partial charge >= 0.3 is 6.18 Å². The lowest BCUT2D eigenvalue weighted by Crippen LogP contribution is -2.45. The fourth-order valence-corrected chi connectivity index (χ4v) is 2.47. The molecule has 2 amide bonds. The molecule has 3 N–H and O–H groups in total. The molecular weight excluding hydrogens is 510 g/mol. The monoisotopic (exact) mass is 523 g/mol. The van der Waals surface area contributed by atoms with Crippen molar-refractivity contribution >= 4 is 63.7 Å². The summed E-state index contributed by atoms with van der Waals surface area (Å²) in [5.74, 6) is -1.70. The molecule has 0 unspecified atom stereocenters. The van der Waals surface area contributed by atoms with Crippen LogP contribution in [0.2, 0.25) is 0 Å². The molecule has 1 atom stereocenters. The molecule has 0 saturated carbocycles. The predicted molar refractivity (Wildman–Crippen MR) is 118 cm³/mol. The van der Waals surface area contributed by atoms with E-state index in [0.29, 0.717) is 6.07 Å². The lowest BCUT2D eigenvalue weighted by molar-refractivity contribution is -0.137. The summed E-state index contributed by atoms with van der Waals surface area (Å²) < 4.78 is 42.4. The largest absolute Gasteiger partial charge is 0.490 e. The number of hydrogen-bond acceptors (Lipinski definition) is 4. The van der Waals surface area contributed by atoms with Gasteiger partial charge in [0.25, 0.3) is 15.6 Å². The van der Waals surface area contributed by atoms with Gasteiger partial charge in [-0.2, -0.15) is 13.2 Å². The summed E-state index contributed by atoms with van der Waals surface area (Å²) in [5, 5.41) is 14.9. The highest BCUT2D eigenvalue weighted by molar-refractivity contribution is 6.76. The number of nitrogens with zero attached hydrogens (tertiary/aromatic N) is 1. The van der Waals surface area contributed by atoms with E-state index in [-0.39, 0.29) is 17.1 Å². The molecule has 33 heavy (non-hydrogen) atoms. The maximum atomic E-state index is 13.1. The zero-order valence-corrected chi connectivity index (χ0v) is 18.9. The van der Waals surface area contributed by atoms with Gasteiger partial charge in [-0.1, -0.05) is 40.9 Å². The number of benzene rings is 2. The van der Waals surface area contributed by atoms with E-state index in [4.69, 9.17) is 46.1 Å². The molecule has 0 heterocycles. The van der Waals surface area contributed by atoms with E-state index in [2.05, 4.69) is 15.5 Å². The Labute approximate surface area is 201 Å². The molecule has 0 bridgehead atoms. The van der Waals surface area contributed by atoms with Gasteiger partial charge in [-0.05, 0) is 43.3 Å². The van der Waals surface area contributed by atoms with Crippen molar-refractivity contribution in [3.63, 3.8) is 0 Å². The van der Waals surface area contributed by atoms with Crippen molar-refractivity contribution in [2.45, 2.75) is 22.5 Å². The smallest absolute Gasteiger partial charge is 0.407 e. The zero-order chi connectivity index (χ0) is 25.0. The van der Waals surface area contributed by atoms with Crippen LogP contribution in [0.5, 0.6) is 5.75 Å². The standard InChI is InChI=1S/C20H15Cl3F3N3O4/c1-18(32,10-33-13-6-3-11(4-7-13)28-17(31)19(21,22)23)16(30)29-12-5-8-15(27-2)14(9-12)20(24,25)26/h3-9,32H,10H2,1H3,(H,28,31)(H,29,30)/t18-/m0/s1. The summed E-state index contributed by atoms with van der Waals surface area (Å²) in [7, 11) is 0. The number of anilines is 2.